The van der Waals surface area contributed by atoms with E-state index >= 15 is 0 Å². The molecule has 0 saturated carbocycles. The van der Waals surface area contributed by atoms with Gasteiger partial charge in [-0.25, -0.2) is 0 Å². The quantitative estimate of drug-likeness (QED) is 0.722. The molecule has 4 heteroatoms. The summed E-state index contributed by atoms with van der Waals surface area (Å²) in [5.41, 5.74) is 0.734. The molecule has 0 rings (SSSR count). The average molecular weight is 206 g/mol. The molecule has 0 radical (unpaired) electrons. The van der Waals surface area contributed by atoms with Crippen LogP contribution in [0.5, 0.6) is 0 Å². The summed E-state index contributed by atoms with van der Waals surface area (Å²) in [4.78, 5) is 0.155. The van der Waals surface area contributed by atoms with Gasteiger partial charge in [-0.2, -0.15) is 8.42 Å². The van der Waals surface area contributed by atoms with Crippen LogP contribution >= 0.6 is 0 Å². The molecule has 0 heterocycles. The van der Waals surface area contributed by atoms with Gasteiger partial charge in [0.25, 0.3) is 10.1 Å². The van der Waals surface area contributed by atoms with Crippen molar-refractivity contribution in [2.45, 2.75) is 34.6 Å². The summed E-state index contributed by atoms with van der Waals surface area (Å²) in [5, 5.41) is 0. The zero-order valence-electron chi connectivity index (χ0n) is 8.83. The highest BCUT2D eigenvalue weighted by Gasteiger charge is 2.21. The number of rotatable bonds is 3. The molecule has 0 saturated heterocycles. The van der Waals surface area contributed by atoms with Crippen molar-refractivity contribution in [2.75, 3.05) is 0 Å². The Balaban J connectivity index is 5.41. The minimum atomic E-state index is -4.03. The van der Waals surface area contributed by atoms with Gasteiger partial charge in [-0.05, 0) is 18.8 Å². The molecule has 0 atom stereocenters. The van der Waals surface area contributed by atoms with E-state index in [1.807, 2.05) is 13.8 Å². The molecule has 0 spiro atoms. The average Bonchev–Trinajstić information content (AvgIpc) is 1.82. The maximum Gasteiger partial charge on any atom is 0.290 e. The third kappa shape index (κ3) is 3.48. The molecule has 0 aromatic carbocycles. The second-order valence-corrected chi connectivity index (χ2v) is 5.22. The highest BCUT2D eigenvalue weighted by Crippen LogP contribution is 2.24. The fourth-order valence-corrected chi connectivity index (χ4v) is 2.48. The monoisotopic (exact) mass is 206 g/mol. The second kappa shape index (κ2) is 4.24. The first-order chi connectivity index (χ1) is 5.68. The molecule has 13 heavy (non-hydrogen) atoms. The van der Waals surface area contributed by atoms with E-state index in [1.165, 1.54) is 0 Å². The van der Waals surface area contributed by atoms with Gasteiger partial charge in [-0.15, -0.1) is 0 Å². The molecule has 0 unspecified atom stereocenters. The second-order valence-electron chi connectivity index (χ2n) is 3.83. The van der Waals surface area contributed by atoms with Crippen molar-refractivity contribution in [3.63, 3.8) is 0 Å². The fraction of sp³-hybridized carbons (Fsp3) is 0.778. The molecule has 0 aliphatic carbocycles. The Morgan fingerprint density at radius 1 is 1.08 bits per heavy atom. The zero-order valence-corrected chi connectivity index (χ0v) is 9.64. The zero-order chi connectivity index (χ0) is 10.8. The van der Waals surface area contributed by atoms with Crippen LogP contribution in [0.2, 0.25) is 0 Å². The van der Waals surface area contributed by atoms with Crippen LogP contribution in [0.4, 0.5) is 0 Å². The van der Waals surface area contributed by atoms with Gasteiger partial charge in [-0.1, -0.05) is 33.3 Å². The van der Waals surface area contributed by atoms with E-state index in [0.717, 1.165) is 5.57 Å². The van der Waals surface area contributed by atoms with Gasteiger partial charge < -0.3 is 0 Å². The summed E-state index contributed by atoms with van der Waals surface area (Å²) in [6.45, 7) is 9.07. The van der Waals surface area contributed by atoms with Crippen molar-refractivity contribution >= 4 is 10.1 Å². The predicted octanol–water partition coefficient (Wildman–Crippen LogP) is 2.46. The van der Waals surface area contributed by atoms with Crippen molar-refractivity contribution in [1.82, 2.24) is 0 Å². The fourth-order valence-electron chi connectivity index (χ4n) is 1.24. The highest BCUT2D eigenvalue weighted by molar-refractivity contribution is 7.89. The Hall–Kier alpha value is -0.350. The van der Waals surface area contributed by atoms with Crippen LogP contribution in [0.1, 0.15) is 34.6 Å². The minimum absolute atomic E-state index is 0.138. The van der Waals surface area contributed by atoms with Gasteiger partial charge in [0.2, 0.25) is 0 Å². The van der Waals surface area contributed by atoms with Gasteiger partial charge >= 0.3 is 0 Å². The molecule has 0 aliphatic heterocycles. The predicted molar refractivity (Wildman–Crippen MR) is 53.9 cm³/mol. The van der Waals surface area contributed by atoms with Crippen LogP contribution in [-0.4, -0.2) is 13.0 Å². The van der Waals surface area contributed by atoms with Gasteiger partial charge in [-0.3, -0.25) is 4.55 Å². The third-order valence-corrected chi connectivity index (χ3v) is 3.41. The van der Waals surface area contributed by atoms with Crippen LogP contribution in [0.15, 0.2) is 10.5 Å². The molecule has 0 aromatic heterocycles. The number of allylic oxidation sites excluding steroid dienone is 2. The normalized spacial score (nSPS) is 15.1. The summed E-state index contributed by atoms with van der Waals surface area (Å²) in [5.74, 6) is -0.0308. The lowest BCUT2D eigenvalue weighted by molar-refractivity contribution is 0.483. The van der Waals surface area contributed by atoms with Gasteiger partial charge in [0.05, 0.1) is 4.91 Å². The lowest BCUT2D eigenvalue weighted by atomic mass is 10.0. The van der Waals surface area contributed by atoms with Crippen LogP contribution < -0.4 is 0 Å². The van der Waals surface area contributed by atoms with Crippen LogP contribution in [0.25, 0.3) is 0 Å². The molecule has 0 aromatic rings. The highest BCUT2D eigenvalue weighted by atomic mass is 32.2. The van der Waals surface area contributed by atoms with Crippen molar-refractivity contribution in [3.8, 4) is 0 Å². The maximum atomic E-state index is 11.0. The van der Waals surface area contributed by atoms with Gasteiger partial charge in [0.15, 0.2) is 0 Å². The van der Waals surface area contributed by atoms with E-state index in [1.54, 1.807) is 20.8 Å². The van der Waals surface area contributed by atoms with Gasteiger partial charge in [0.1, 0.15) is 0 Å². The lowest BCUT2D eigenvalue weighted by Crippen LogP contribution is -2.12. The maximum absolute atomic E-state index is 11.0. The van der Waals surface area contributed by atoms with E-state index in [2.05, 4.69) is 0 Å². The summed E-state index contributed by atoms with van der Waals surface area (Å²) in [6.07, 6.45) is 0. The van der Waals surface area contributed by atoms with E-state index in [9.17, 15) is 8.42 Å². The Bertz CT molecular complexity index is 297. The lowest BCUT2D eigenvalue weighted by Gasteiger charge is -2.15. The first-order valence-electron chi connectivity index (χ1n) is 4.36. The Morgan fingerprint density at radius 2 is 1.46 bits per heavy atom. The molecule has 0 fully saturated rings. The molecule has 78 valence electrons. The Labute approximate surface area is 80.6 Å². The van der Waals surface area contributed by atoms with Crippen LogP contribution in [0, 0.1) is 11.8 Å². The first-order valence-corrected chi connectivity index (χ1v) is 5.80. The van der Waals surface area contributed by atoms with Crippen molar-refractivity contribution < 1.29 is 13.0 Å². The van der Waals surface area contributed by atoms with Crippen LogP contribution in [0.3, 0.4) is 0 Å². The summed E-state index contributed by atoms with van der Waals surface area (Å²) in [7, 11) is -4.03. The first kappa shape index (κ1) is 12.7. The molecule has 3 nitrogen and oxygen atoms in total. The summed E-state index contributed by atoms with van der Waals surface area (Å²) in [6, 6.07) is 0. The summed E-state index contributed by atoms with van der Waals surface area (Å²) < 4.78 is 31.0. The van der Waals surface area contributed by atoms with Crippen molar-refractivity contribution in [3.05, 3.63) is 10.5 Å². The van der Waals surface area contributed by atoms with Crippen molar-refractivity contribution in [2.24, 2.45) is 11.8 Å². The molecular formula is C9H18O3S. The van der Waals surface area contributed by atoms with Crippen LogP contribution in [-0.2, 0) is 10.1 Å². The smallest absolute Gasteiger partial charge is 0.282 e. The Morgan fingerprint density at radius 3 is 1.54 bits per heavy atom. The summed E-state index contributed by atoms with van der Waals surface area (Å²) >= 11 is 0. The SMILES string of the molecule is C/C(=C(/C(C)C)S(=O)(=O)O)C(C)C. The molecule has 0 amide bonds. The largest absolute Gasteiger partial charge is 0.290 e. The van der Waals surface area contributed by atoms with E-state index in [-0.39, 0.29) is 16.7 Å². The third-order valence-electron chi connectivity index (χ3n) is 2.06. The molecule has 1 N–H and O–H groups in total. The standard InChI is InChI=1S/C9H18O3S/c1-6(2)8(5)9(7(3)4)13(10,11)12/h6-7H,1-5H3,(H,10,11,12)/b9-8+. The van der Waals surface area contributed by atoms with E-state index in [0.29, 0.717) is 0 Å². The Kier molecular flexibility index (Phi) is 4.13. The number of hydrogen-bond donors (Lipinski definition) is 1. The minimum Gasteiger partial charge on any atom is -0.282 e. The molecule has 0 bridgehead atoms. The van der Waals surface area contributed by atoms with Crippen molar-refractivity contribution in [1.29, 1.82) is 0 Å². The molecular weight excluding hydrogens is 188 g/mol. The number of hydrogen-bond acceptors (Lipinski definition) is 2. The topological polar surface area (TPSA) is 54.4 Å². The van der Waals surface area contributed by atoms with Gasteiger partial charge in [0, 0.05) is 0 Å². The van der Waals surface area contributed by atoms with E-state index in [4.69, 9.17) is 4.55 Å². The van der Waals surface area contributed by atoms with E-state index < -0.39 is 10.1 Å². The molecule has 0 aliphatic rings.